The third-order valence-electron chi connectivity index (χ3n) is 9.32. The van der Waals surface area contributed by atoms with Crippen LogP contribution in [0, 0.1) is 0 Å². The number of hydrogen-bond acceptors (Lipinski definition) is 6. The molecule has 0 bridgehead atoms. The second kappa shape index (κ2) is 14.0. The zero-order valence-electron chi connectivity index (χ0n) is 26.1. The smallest absolute Gasteiger partial charge is 0.104 e. The molecule has 1 aliphatic carbocycles. The predicted molar refractivity (Wildman–Crippen MR) is 179 cm³/mol. The van der Waals surface area contributed by atoms with Gasteiger partial charge in [0, 0.05) is 26.3 Å². The first-order chi connectivity index (χ1) is 22.2. The van der Waals surface area contributed by atoms with Crippen molar-refractivity contribution in [2.75, 3.05) is 39.6 Å². The summed E-state index contributed by atoms with van der Waals surface area (Å²) in [5.41, 5.74) is 28.1. The first-order valence-electron chi connectivity index (χ1n) is 16.5. The van der Waals surface area contributed by atoms with Gasteiger partial charge in [0.05, 0.1) is 26.4 Å². The summed E-state index contributed by atoms with van der Waals surface area (Å²) in [7, 11) is 0. The topological polar surface area (TPSA) is 95.6 Å². The highest BCUT2D eigenvalue weighted by Crippen LogP contribution is 2.46. The van der Waals surface area contributed by atoms with Crippen LogP contribution < -0.4 is 11.5 Å². The highest BCUT2D eigenvalue weighted by atomic mass is 16.6. The number of rotatable bonds is 16. The molecule has 3 aliphatic rings. The van der Waals surface area contributed by atoms with Gasteiger partial charge in [0.25, 0.3) is 0 Å². The number of nitrogens with two attached hydrogens (primary N) is 2. The van der Waals surface area contributed by atoms with Gasteiger partial charge < -0.3 is 30.4 Å². The molecule has 6 heteroatoms. The van der Waals surface area contributed by atoms with E-state index >= 15 is 0 Å². The van der Waals surface area contributed by atoms with Gasteiger partial charge in [-0.3, -0.25) is 0 Å². The molecule has 0 spiro atoms. The van der Waals surface area contributed by atoms with Gasteiger partial charge in [0.15, 0.2) is 0 Å². The lowest BCUT2D eigenvalue weighted by Crippen LogP contribution is -2.07. The molecule has 2 fully saturated rings. The van der Waals surface area contributed by atoms with E-state index in [-0.39, 0.29) is 0 Å². The van der Waals surface area contributed by atoms with Crippen LogP contribution in [0.3, 0.4) is 0 Å². The van der Waals surface area contributed by atoms with E-state index in [4.69, 9.17) is 30.4 Å². The van der Waals surface area contributed by atoms with Crippen LogP contribution in [0.2, 0.25) is 0 Å². The van der Waals surface area contributed by atoms with Crippen LogP contribution in [-0.4, -0.2) is 51.8 Å². The van der Waals surface area contributed by atoms with Gasteiger partial charge in [-0.05, 0) is 111 Å². The third kappa shape index (κ3) is 7.07. The van der Waals surface area contributed by atoms with Crippen molar-refractivity contribution >= 4 is 0 Å². The summed E-state index contributed by atoms with van der Waals surface area (Å²) in [6, 6.07) is 27.1. The lowest BCUT2D eigenvalue weighted by atomic mass is 9.85. The standard InChI is InChI=1S/C39H44N2O4/c40-20-31-17-29(11-9-26(31)6-3-15-42-22-33-24-44-33)36-13-14-37-35-8-2-1-5-28(35)19-38(37)39(36)30-12-10-27(32(18-30)21-41)7-4-16-43-23-34-25-45-34/h1-2,5,8-14,17-18,33-34H,3-4,6-7,15-16,19-25,40-41H2. The molecule has 2 heterocycles. The summed E-state index contributed by atoms with van der Waals surface area (Å²) in [4.78, 5) is 0. The summed E-state index contributed by atoms with van der Waals surface area (Å²) >= 11 is 0. The monoisotopic (exact) mass is 604 g/mol. The van der Waals surface area contributed by atoms with Gasteiger partial charge in [0.1, 0.15) is 12.2 Å². The summed E-state index contributed by atoms with van der Waals surface area (Å²) in [5, 5.41) is 0. The first kappa shape index (κ1) is 30.3. The Bertz CT molecular complexity index is 1640. The van der Waals surface area contributed by atoms with Crippen LogP contribution in [0.25, 0.3) is 33.4 Å². The average Bonchev–Trinajstić information content (AvgIpc) is 4.02. The number of ether oxygens (including phenoxy) is 4. The van der Waals surface area contributed by atoms with E-state index < -0.39 is 0 Å². The van der Waals surface area contributed by atoms with Crippen molar-refractivity contribution in [3.05, 3.63) is 106 Å². The molecule has 6 nitrogen and oxygen atoms in total. The van der Waals surface area contributed by atoms with Crippen molar-refractivity contribution < 1.29 is 18.9 Å². The molecule has 2 saturated heterocycles. The van der Waals surface area contributed by atoms with Gasteiger partial charge >= 0.3 is 0 Å². The molecule has 0 amide bonds. The molecule has 0 saturated carbocycles. The molecule has 4 aromatic carbocycles. The molecule has 2 atom stereocenters. The van der Waals surface area contributed by atoms with Crippen LogP contribution >= 0.6 is 0 Å². The molecule has 2 unspecified atom stereocenters. The van der Waals surface area contributed by atoms with E-state index in [1.165, 1.54) is 66.8 Å². The Labute approximate surface area is 266 Å². The maximum Gasteiger partial charge on any atom is 0.104 e. The van der Waals surface area contributed by atoms with E-state index in [1.54, 1.807) is 0 Å². The van der Waals surface area contributed by atoms with Crippen LogP contribution in [-0.2, 0) is 51.3 Å². The second-order valence-electron chi connectivity index (χ2n) is 12.5. The van der Waals surface area contributed by atoms with Crippen molar-refractivity contribution in [1.82, 2.24) is 0 Å². The SMILES string of the molecule is NCc1cc(-c2ccc3c(c2-c2ccc(CCCOCC4CO4)c(CN)c2)Cc2ccccc2-3)ccc1CCCOCC1CO1. The Hall–Kier alpha value is -3.36. The van der Waals surface area contributed by atoms with Crippen molar-refractivity contribution in [3.8, 4) is 33.4 Å². The number of benzene rings is 4. The highest BCUT2D eigenvalue weighted by Gasteiger charge is 2.25. The lowest BCUT2D eigenvalue weighted by molar-refractivity contribution is 0.114. The zero-order valence-corrected chi connectivity index (χ0v) is 26.1. The molecule has 4 aromatic rings. The zero-order chi connectivity index (χ0) is 30.6. The summed E-state index contributed by atoms with van der Waals surface area (Å²) in [5.74, 6) is 0. The number of epoxide rings is 2. The molecular formula is C39H44N2O4. The summed E-state index contributed by atoms with van der Waals surface area (Å²) < 4.78 is 22.1. The van der Waals surface area contributed by atoms with Crippen molar-refractivity contribution in [1.29, 1.82) is 0 Å². The fourth-order valence-corrected chi connectivity index (χ4v) is 6.71. The number of aryl methyl sites for hydroxylation is 2. The quantitative estimate of drug-likeness (QED) is 0.103. The van der Waals surface area contributed by atoms with E-state index in [2.05, 4.69) is 72.8 Å². The average molecular weight is 605 g/mol. The Balaban J connectivity index is 1.18. The van der Waals surface area contributed by atoms with E-state index in [0.29, 0.717) is 38.5 Å². The third-order valence-corrected chi connectivity index (χ3v) is 9.32. The van der Waals surface area contributed by atoms with Crippen molar-refractivity contribution in [3.63, 3.8) is 0 Å². The summed E-state index contributed by atoms with van der Waals surface area (Å²) in [6.07, 6.45) is 5.37. The molecule has 2 aliphatic heterocycles. The first-order valence-corrected chi connectivity index (χ1v) is 16.5. The predicted octanol–water partition coefficient (Wildman–Crippen LogP) is 6.21. The Morgan fingerprint density at radius 2 is 1.20 bits per heavy atom. The van der Waals surface area contributed by atoms with Crippen LogP contribution in [0.4, 0.5) is 0 Å². The Kier molecular flexibility index (Phi) is 9.40. The van der Waals surface area contributed by atoms with Gasteiger partial charge in [-0.2, -0.15) is 0 Å². The Morgan fingerprint density at radius 3 is 1.82 bits per heavy atom. The maximum absolute atomic E-state index is 6.36. The van der Waals surface area contributed by atoms with Crippen LogP contribution in [0.15, 0.2) is 72.8 Å². The minimum atomic E-state index is 0.307. The minimum Gasteiger partial charge on any atom is -0.379 e. The van der Waals surface area contributed by atoms with E-state index in [9.17, 15) is 0 Å². The van der Waals surface area contributed by atoms with E-state index in [0.717, 1.165) is 58.5 Å². The Morgan fingerprint density at radius 1 is 0.622 bits per heavy atom. The second-order valence-corrected chi connectivity index (χ2v) is 12.5. The lowest BCUT2D eigenvalue weighted by Gasteiger charge is -2.19. The number of fused-ring (bicyclic) bond motifs is 3. The molecule has 0 aromatic heterocycles. The molecule has 4 N–H and O–H groups in total. The van der Waals surface area contributed by atoms with Gasteiger partial charge in [-0.1, -0.05) is 60.7 Å². The van der Waals surface area contributed by atoms with Crippen molar-refractivity contribution in [2.45, 2.75) is 57.4 Å². The van der Waals surface area contributed by atoms with E-state index in [1.807, 2.05) is 0 Å². The normalized spacial score (nSPS) is 17.7. The molecule has 234 valence electrons. The molecule has 7 rings (SSSR count). The highest BCUT2D eigenvalue weighted by molar-refractivity contribution is 5.94. The van der Waals surface area contributed by atoms with Gasteiger partial charge in [-0.15, -0.1) is 0 Å². The minimum absolute atomic E-state index is 0.307. The summed E-state index contributed by atoms with van der Waals surface area (Å²) in [6.45, 7) is 5.56. The fourth-order valence-electron chi connectivity index (χ4n) is 6.71. The van der Waals surface area contributed by atoms with Gasteiger partial charge in [-0.25, -0.2) is 0 Å². The van der Waals surface area contributed by atoms with Crippen LogP contribution in [0.5, 0.6) is 0 Å². The molecule has 0 radical (unpaired) electrons. The maximum atomic E-state index is 6.36. The fraction of sp³-hybridized carbons (Fsp3) is 0.385. The largest absolute Gasteiger partial charge is 0.379 e. The molecule has 45 heavy (non-hydrogen) atoms. The molecular weight excluding hydrogens is 560 g/mol. The number of hydrogen-bond donors (Lipinski definition) is 2. The van der Waals surface area contributed by atoms with Gasteiger partial charge in [0.2, 0.25) is 0 Å². The van der Waals surface area contributed by atoms with Crippen LogP contribution in [0.1, 0.15) is 46.2 Å². The van der Waals surface area contributed by atoms with Crippen molar-refractivity contribution in [2.24, 2.45) is 11.5 Å².